The first kappa shape index (κ1) is 29.8. The normalized spacial score (nSPS) is 16.6. The summed E-state index contributed by atoms with van der Waals surface area (Å²) < 4.78 is 0. The average molecular weight is 487 g/mol. The lowest BCUT2D eigenvalue weighted by Crippen LogP contribution is -2.34. The van der Waals surface area contributed by atoms with Gasteiger partial charge in [0.15, 0.2) is 0 Å². The number of hydrogen-bond acceptors (Lipinski definition) is 1. The second-order valence-corrected chi connectivity index (χ2v) is 12.0. The molecule has 0 spiro atoms. The van der Waals surface area contributed by atoms with E-state index in [0.29, 0.717) is 0 Å². The molecule has 0 aromatic heterocycles. The molecule has 1 aliphatic carbocycles. The van der Waals surface area contributed by atoms with Crippen molar-refractivity contribution >= 4 is 0 Å². The highest BCUT2D eigenvalue weighted by atomic mass is 16.3. The van der Waals surface area contributed by atoms with E-state index in [9.17, 15) is 0 Å². The van der Waals surface area contributed by atoms with Crippen LogP contribution in [0.15, 0.2) is 66.3 Å². The zero-order chi connectivity index (χ0) is 27.1. The van der Waals surface area contributed by atoms with Crippen LogP contribution in [0.4, 0.5) is 0 Å². The van der Waals surface area contributed by atoms with Crippen molar-refractivity contribution in [2.24, 2.45) is 0 Å². The number of fused-ring (bicyclic) bond motifs is 1. The van der Waals surface area contributed by atoms with Crippen molar-refractivity contribution in [2.75, 3.05) is 6.61 Å². The Morgan fingerprint density at radius 3 is 2.08 bits per heavy atom. The SMILES string of the molecule is C=C/C(=C\C=C(/C)CO)Cc1cc2c(cc1C)C(C)(C)CCC2(C)C.CCCc1cccc(C)c1C. The smallest absolute Gasteiger partial charge is 0.0642 e. The molecule has 196 valence electrons. The first-order chi connectivity index (χ1) is 16.9. The number of aliphatic hydroxyl groups excluding tert-OH is 1. The monoisotopic (exact) mass is 486 g/mol. The molecule has 0 amide bonds. The van der Waals surface area contributed by atoms with Gasteiger partial charge in [0.2, 0.25) is 0 Å². The van der Waals surface area contributed by atoms with E-state index >= 15 is 0 Å². The minimum atomic E-state index is 0.0993. The van der Waals surface area contributed by atoms with Gasteiger partial charge in [0.1, 0.15) is 0 Å². The topological polar surface area (TPSA) is 20.2 Å². The van der Waals surface area contributed by atoms with Crippen LogP contribution in [0.2, 0.25) is 0 Å². The number of benzene rings is 2. The zero-order valence-corrected chi connectivity index (χ0v) is 24.5. The van der Waals surface area contributed by atoms with Crippen LogP contribution in [-0.4, -0.2) is 11.7 Å². The Balaban J connectivity index is 0.000000346. The first-order valence-electron chi connectivity index (χ1n) is 13.7. The maximum Gasteiger partial charge on any atom is 0.0642 e. The Bertz CT molecular complexity index is 1110. The largest absolute Gasteiger partial charge is 0.392 e. The van der Waals surface area contributed by atoms with E-state index < -0.39 is 0 Å². The van der Waals surface area contributed by atoms with Gasteiger partial charge in [0.25, 0.3) is 0 Å². The average Bonchev–Trinajstić information content (AvgIpc) is 2.83. The van der Waals surface area contributed by atoms with E-state index in [1.165, 1.54) is 70.2 Å². The summed E-state index contributed by atoms with van der Waals surface area (Å²) in [6.07, 6.45) is 11.8. The third-order valence-electron chi connectivity index (χ3n) is 8.03. The lowest BCUT2D eigenvalue weighted by atomic mass is 9.62. The van der Waals surface area contributed by atoms with E-state index in [0.717, 1.165) is 12.0 Å². The van der Waals surface area contributed by atoms with E-state index in [2.05, 4.69) is 98.4 Å². The van der Waals surface area contributed by atoms with Gasteiger partial charge in [-0.3, -0.25) is 0 Å². The van der Waals surface area contributed by atoms with Crippen molar-refractivity contribution in [3.05, 3.63) is 105 Å². The van der Waals surface area contributed by atoms with Crippen LogP contribution in [0, 0.1) is 20.8 Å². The molecule has 2 aromatic carbocycles. The minimum absolute atomic E-state index is 0.0993. The van der Waals surface area contributed by atoms with Gasteiger partial charge in [-0.25, -0.2) is 0 Å². The quantitative estimate of drug-likeness (QED) is 0.387. The van der Waals surface area contributed by atoms with E-state index in [1.807, 2.05) is 19.1 Å². The number of allylic oxidation sites excluding steroid dienone is 4. The molecule has 1 heteroatoms. The third kappa shape index (κ3) is 7.56. The van der Waals surface area contributed by atoms with Crippen molar-refractivity contribution in [3.63, 3.8) is 0 Å². The molecular weight excluding hydrogens is 436 g/mol. The standard InChI is InChI=1S/C24H34O.C11H16/c1-8-19(10-9-17(2)16-25)14-20-15-22-21(13-18(20)3)23(4,5)11-12-24(22,6)7;1-4-6-11-8-5-7-9(2)10(11)3/h8-10,13,15,25H,1,11-12,14,16H2,2-7H3;5,7-8H,4,6H2,1-3H3/b17-9+,19-10+;. The summed E-state index contributed by atoms with van der Waals surface area (Å²) in [5.41, 5.74) is 12.8. The van der Waals surface area contributed by atoms with Gasteiger partial charge in [-0.15, -0.1) is 0 Å². The van der Waals surface area contributed by atoms with Crippen LogP contribution < -0.4 is 0 Å². The first-order valence-corrected chi connectivity index (χ1v) is 13.7. The molecule has 1 nitrogen and oxygen atoms in total. The number of rotatable bonds is 7. The maximum absolute atomic E-state index is 9.17. The van der Waals surface area contributed by atoms with Crippen molar-refractivity contribution < 1.29 is 5.11 Å². The molecule has 0 atom stereocenters. The second-order valence-electron chi connectivity index (χ2n) is 12.0. The predicted molar refractivity (Wildman–Crippen MR) is 159 cm³/mol. The zero-order valence-electron chi connectivity index (χ0n) is 24.5. The molecule has 36 heavy (non-hydrogen) atoms. The number of aliphatic hydroxyl groups is 1. The fourth-order valence-corrected chi connectivity index (χ4v) is 5.03. The predicted octanol–water partition coefficient (Wildman–Crippen LogP) is 9.19. The highest BCUT2D eigenvalue weighted by Crippen LogP contribution is 2.46. The summed E-state index contributed by atoms with van der Waals surface area (Å²) in [7, 11) is 0. The fraction of sp³-hybridized carbons (Fsp3) is 0.486. The van der Waals surface area contributed by atoms with E-state index in [4.69, 9.17) is 5.11 Å². The van der Waals surface area contributed by atoms with E-state index in [1.54, 1.807) is 0 Å². The van der Waals surface area contributed by atoms with Crippen molar-refractivity contribution in [3.8, 4) is 0 Å². The highest BCUT2D eigenvalue weighted by molar-refractivity contribution is 5.48. The van der Waals surface area contributed by atoms with Crippen molar-refractivity contribution in [1.29, 1.82) is 0 Å². The maximum atomic E-state index is 9.17. The Morgan fingerprint density at radius 2 is 1.53 bits per heavy atom. The summed E-state index contributed by atoms with van der Waals surface area (Å²) in [6.45, 7) is 24.3. The molecule has 0 fully saturated rings. The van der Waals surface area contributed by atoms with Gasteiger partial charge in [-0.05, 0) is 114 Å². The van der Waals surface area contributed by atoms with Crippen LogP contribution in [-0.2, 0) is 23.7 Å². The molecule has 0 saturated carbocycles. The summed E-state index contributed by atoms with van der Waals surface area (Å²) >= 11 is 0. The highest BCUT2D eigenvalue weighted by Gasteiger charge is 2.37. The van der Waals surface area contributed by atoms with Gasteiger partial charge in [0, 0.05) is 0 Å². The number of aryl methyl sites for hydroxylation is 3. The van der Waals surface area contributed by atoms with Gasteiger partial charge in [-0.2, -0.15) is 0 Å². The van der Waals surface area contributed by atoms with Crippen molar-refractivity contribution in [2.45, 2.75) is 105 Å². The second kappa shape index (κ2) is 12.7. The van der Waals surface area contributed by atoms with Crippen LogP contribution >= 0.6 is 0 Å². The summed E-state index contributed by atoms with van der Waals surface area (Å²) in [6, 6.07) is 11.4. The molecule has 0 unspecified atom stereocenters. The molecule has 0 saturated heterocycles. The molecule has 3 rings (SSSR count). The van der Waals surface area contributed by atoms with Gasteiger partial charge in [0.05, 0.1) is 6.61 Å². The Hall–Kier alpha value is -2.38. The fourth-order valence-electron chi connectivity index (χ4n) is 5.03. The Kier molecular flexibility index (Phi) is 10.6. The molecule has 0 bridgehead atoms. The minimum Gasteiger partial charge on any atom is -0.392 e. The summed E-state index contributed by atoms with van der Waals surface area (Å²) in [4.78, 5) is 0. The molecule has 2 aromatic rings. The molecule has 0 aliphatic heterocycles. The number of hydrogen-bond donors (Lipinski definition) is 1. The molecule has 0 heterocycles. The van der Waals surface area contributed by atoms with Crippen LogP contribution in [0.25, 0.3) is 0 Å². The molecular formula is C35H50O. The van der Waals surface area contributed by atoms with Gasteiger partial charge < -0.3 is 5.11 Å². The summed E-state index contributed by atoms with van der Waals surface area (Å²) in [5, 5.41) is 9.17. The molecule has 1 aliphatic rings. The molecule has 1 N–H and O–H groups in total. The molecule has 0 radical (unpaired) electrons. The van der Waals surface area contributed by atoms with Gasteiger partial charge in [-0.1, -0.05) is 96.2 Å². The lowest BCUT2D eigenvalue weighted by Gasteiger charge is -2.42. The van der Waals surface area contributed by atoms with Crippen molar-refractivity contribution in [1.82, 2.24) is 0 Å². The van der Waals surface area contributed by atoms with Crippen LogP contribution in [0.5, 0.6) is 0 Å². The lowest BCUT2D eigenvalue weighted by molar-refractivity contribution is 0.331. The van der Waals surface area contributed by atoms with Crippen LogP contribution in [0.1, 0.15) is 99.7 Å². The van der Waals surface area contributed by atoms with Gasteiger partial charge >= 0.3 is 0 Å². The van der Waals surface area contributed by atoms with Crippen LogP contribution in [0.3, 0.4) is 0 Å². The summed E-state index contributed by atoms with van der Waals surface area (Å²) in [5.74, 6) is 0. The third-order valence-corrected chi connectivity index (χ3v) is 8.03. The van der Waals surface area contributed by atoms with E-state index in [-0.39, 0.29) is 17.4 Å². The Labute approximate surface area is 222 Å². The Morgan fingerprint density at radius 1 is 0.917 bits per heavy atom.